The minimum absolute atomic E-state index is 0.0401. The lowest BCUT2D eigenvalue weighted by Crippen LogP contribution is -2.74. The lowest BCUT2D eigenvalue weighted by molar-refractivity contribution is -0.161. The van der Waals surface area contributed by atoms with Crippen molar-refractivity contribution in [2.45, 2.75) is 43.0 Å². The Hall–Kier alpha value is -5.63. The summed E-state index contributed by atoms with van der Waals surface area (Å²) in [5.74, 6) is -5.75. The molecular formula is C26H28N8O14S3. The van der Waals surface area contributed by atoms with E-state index in [0.717, 1.165) is 49.4 Å². The number of carbonyl (C=O) groups is 4. The zero-order valence-corrected chi connectivity index (χ0v) is 28.5. The van der Waals surface area contributed by atoms with Crippen molar-refractivity contribution >= 4 is 66.2 Å². The lowest BCUT2D eigenvalue weighted by Gasteiger charge is -2.44. The number of anilines is 1. The molecule has 1 fully saturated rings. The fourth-order valence-corrected chi connectivity index (χ4v) is 6.78. The molecule has 1 aromatic carbocycles. The van der Waals surface area contributed by atoms with Gasteiger partial charge in [-0.1, -0.05) is 11.2 Å². The number of nitrogens with zero attached hydrogens (tertiary/aromatic N) is 4. The number of hydrogen-bond acceptors (Lipinski definition) is 16. The Morgan fingerprint density at radius 1 is 1.14 bits per heavy atom. The highest BCUT2D eigenvalue weighted by Gasteiger charge is 2.54. The van der Waals surface area contributed by atoms with Crippen LogP contribution in [0.5, 0.6) is 5.88 Å². The highest BCUT2D eigenvalue weighted by atomic mass is 32.2. The van der Waals surface area contributed by atoms with Crippen LogP contribution >= 0.6 is 11.3 Å². The van der Waals surface area contributed by atoms with E-state index < -0.39 is 96.7 Å². The molecule has 0 unspecified atom stereocenters. The molecule has 2 aromatic heterocycles. The molecule has 0 radical (unpaired) electrons. The smallest absolute Gasteiger partial charge is 0.362 e. The van der Waals surface area contributed by atoms with Gasteiger partial charge in [-0.15, -0.1) is 11.3 Å². The first-order valence-electron chi connectivity index (χ1n) is 14.0. The molecule has 1 aliphatic heterocycles. The number of aromatic nitrogens is 2. The molecule has 1 aliphatic rings. The fraction of sp³-hybridized carbons (Fsp3) is 0.269. The third-order valence-corrected chi connectivity index (χ3v) is 10.00. The van der Waals surface area contributed by atoms with Gasteiger partial charge in [0.25, 0.3) is 17.7 Å². The first-order chi connectivity index (χ1) is 23.6. The number of nitrogens with two attached hydrogens (primary N) is 1. The molecule has 0 bridgehead atoms. The van der Waals surface area contributed by atoms with Gasteiger partial charge in [-0.05, 0) is 32.0 Å². The van der Waals surface area contributed by atoms with Gasteiger partial charge in [0.2, 0.25) is 21.5 Å². The number of aromatic hydroxyl groups is 1. The van der Waals surface area contributed by atoms with Crippen LogP contribution in [0.15, 0.2) is 56.6 Å². The van der Waals surface area contributed by atoms with Gasteiger partial charge in [-0.3, -0.25) is 23.7 Å². The monoisotopic (exact) mass is 772 g/mol. The fourth-order valence-electron chi connectivity index (χ4n) is 4.26. The highest BCUT2D eigenvalue weighted by Crippen LogP contribution is 2.25. The highest BCUT2D eigenvalue weighted by molar-refractivity contribution is 7.89. The van der Waals surface area contributed by atoms with Crippen LogP contribution in [0, 0.1) is 0 Å². The zero-order valence-electron chi connectivity index (χ0n) is 26.1. The summed E-state index contributed by atoms with van der Waals surface area (Å²) in [6.07, 6.45) is 0. The van der Waals surface area contributed by atoms with E-state index in [-0.39, 0.29) is 31.1 Å². The largest absolute Gasteiger partial charge is 0.492 e. The normalized spacial score (nSPS) is 16.6. The van der Waals surface area contributed by atoms with Gasteiger partial charge >= 0.3 is 16.3 Å². The minimum atomic E-state index is -5.29. The van der Waals surface area contributed by atoms with E-state index in [1.54, 1.807) is 0 Å². The Morgan fingerprint density at radius 2 is 1.82 bits per heavy atom. The molecule has 0 aliphatic carbocycles. The Labute approximate surface area is 291 Å². The van der Waals surface area contributed by atoms with Crippen LogP contribution < -0.4 is 26.5 Å². The van der Waals surface area contributed by atoms with E-state index in [2.05, 4.69) is 20.8 Å². The maximum Gasteiger partial charge on any atom is 0.362 e. The summed E-state index contributed by atoms with van der Waals surface area (Å²) in [4.78, 5) is 70.2. The second-order valence-electron chi connectivity index (χ2n) is 11.0. The van der Waals surface area contributed by atoms with Crippen molar-refractivity contribution in [3.05, 3.63) is 69.0 Å². The number of oxime groups is 1. The quantitative estimate of drug-likeness (QED) is 0.0284. The molecule has 22 nitrogen and oxygen atoms in total. The maximum absolute atomic E-state index is 13.3. The van der Waals surface area contributed by atoms with Crippen LogP contribution in [-0.4, -0.2) is 104 Å². The number of pyridine rings is 1. The molecule has 3 heterocycles. The average molecular weight is 773 g/mol. The van der Waals surface area contributed by atoms with Crippen molar-refractivity contribution in [2.24, 2.45) is 5.16 Å². The molecule has 3 amide bonds. The van der Waals surface area contributed by atoms with Gasteiger partial charge in [0.1, 0.15) is 11.7 Å². The first-order valence-corrected chi connectivity index (χ1v) is 17.7. The molecular weight excluding hydrogens is 745 g/mol. The number of carboxylic acid groups (broad SMARTS) is 1. The summed E-state index contributed by atoms with van der Waals surface area (Å²) in [5, 5.41) is 38.0. The molecule has 4 rings (SSSR count). The molecule has 25 heteroatoms. The minimum Gasteiger partial charge on any atom is -0.492 e. The number of thiazole rings is 1. The van der Waals surface area contributed by atoms with Gasteiger partial charge in [0, 0.05) is 29.6 Å². The van der Waals surface area contributed by atoms with Gasteiger partial charge in [0.05, 0.1) is 23.2 Å². The average Bonchev–Trinajstić information content (AvgIpc) is 3.47. The number of sulfonamides is 1. The number of hydrogen-bond donors (Lipinski definition) is 8. The number of carboxylic acids is 1. The predicted molar refractivity (Wildman–Crippen MR) is 172 cm³/mol. The van der Waals surface area contributed by atoms with Gasteiger partial charge in [-0.2, -0.15) is 13.1 Å². The van der Waals surface area contributed by atoms with Crippen molar-refractivity contribution in [3.63, 3.8) is 0 Å². The standard InChI is InChI=1S/C26H28N8O14S3/c1-26(2,24(40)41)48-32-19(16-11-49-25(27)30-16)22(38)31-20-17(34(23(20)39)51(45,46)47)10-29-50(43,44)15-5-3-4-12(6-15)21(37)28-9-13-7-14(35)8-18(36)33(13)42/h3-8,11,17,20,29,36,42H,9-10H2,1-2H3,(H2,27,30)(H,28,37)(H,31,38)(H,40,41)(H,45,46,47)/t17-,20-/m0/s1. The number of nitrogens with one attached hydrogen (secondary N) is 3. The number of aliphatic carboxylic acids is 1. The topological polar surface area (TPSA) is 339 Å². The second kappa shape index (κ2) is 14.3. The number of carbonyl (C=O) groups excluding carboxylic acids is 3. The number of benzene rings is 1. The Kier molecular flexibility index (Phi) is 10.7. The molecule has 9 N–H and O–H groups in total. The van der Waals surface area contributed by atoms with E-state index >= 15 is 0 Å². The number of nitrogen functional groups attached to an aromatic ring is 1. The lowest BCUT2D eigenvalue weighted by atomic mass is 9.98. The van der Waals surface area contributed by atoms with Crippen molar-refractivity contribution in [3.8, 4) is 5.88 Å². The maximum atomic E-state index is 13.3. The number of amides is 3. The van der Waals surface area contributed by atoms with Crippen molar-refractivity contribution < 1.29 is 60.8 Å². The van der Waals surface area contributed by atoms with E-state index in [1.807, 2.05) is 4.72 Å². The first kappa shape index (κ1) is 38.2. The third-order valence-electron chi connectivity index (χ3n) is 6.95. The Bertz CT molecular complexity index is 2220. The van der Waals surface area contributed by atoms with Crippen molar-refractivity contribution in [1.29, 1.82) is 0 Å². The van der Waals surface area contributed by atoms with Gasteiger partial charge < -0.3 is 36.6 Å². The summed E-state index contributed by atoms with van der Waals surface area (Å²) >= 11 is 0.861. The van der Waals surface area contributed by atoms with Crippen LogP contribution in [0.3, 0.4) is 0 Å². The van der Waals surface area contributed by atoms with Crippen molar-refractivity contribution in [1.82, 2.24) is 29.4 Å². The molecule has 0 spiro atoms. The second-order valence-corrected chi connectivity index (χ2v) is 14.9. The summed E-state index contributed by atoms with van der Waals surface area (Å²) in [7, 11) is -9.88. The molecule has 2 atom stereocenters. The summed E-state index contributed by atoms with van der Waals surface area (Å²) in [5.41, 5.74) is 1.67. The Balaban J connectivity index is 1.52. The molecule has 274 valence electrons. The van der Waals surface area contributed by atoms with Crippen LogP contribution in [0.2, 0.25) is 0 Å². The predicted octanol–water partition coefficient (Wildman–Crippen LogP) is -2.18. The summed E-state index contributed by atoms with van der Waals surface area (Å²) in [6.45, 7) is 0.841. The molecule has 51 heavy (non-hydrogen) atoms. The van der Waals surface area contributed by atoms with E-state index in [9.17, 15) is 60.8 Å². The number of β-lactam (4-membered cyclic amide) rings is 1. The van der Waals surface area contributed by atoms with Crippen LogP contribution in [0.4, 0.5) is 5.13 Å². The number of rotatable bonds is 14. The molecule has 3 aromatic rings. The molecule has 1 saturated heterocycles. The van der Waals surface area contributed by atoms with Gasteiger partial charge in [0.15, 0.2) is 16.3 Å². The third kappa shape index (κ3) is 8.58. The Morgan fingerprint density at radius 3 is 2.43 bits per heavy atom. The molecule has 0 saturated carbocycles. The van der Waals surface area contributed by atoms with Crippen LogP contribution in [0.1, 0.15) is 35.6 Å². The zero-order chi connectivity index (χ0) is 38.1. The van der Waals surface area contributed by atoms with E-state index in [1.165, 1.54) is 17.5 Å². The summed E-state index contributed by atoms with van der Waals surface area (Å²) in [6, 6.07) is 2.48. The van der Waals surface area contributed by atoms with Crippen molar-refractivity contribution in [2.75, 3.05) is 12.3 Å². The van der Waals surface area contributed by atoms with E-state index in [4.69, 9.17) is 10.6 Å². The van der Waals surface area contributed by atoms with E-state index in [0.29, 0.717) is 0 Å². The van der Waals surface area contributed by atoms with Gasteiger partial charge in [-0.25, -0.2) is 27.2 Å². The summed E-state index contributed by atoms with van der Waals surface area (Å²) < 4.78 is 62.2. The SMILES string of the molecule is CC(C)(ON=C(C(=O)N[C@@H]1C(=O)N(S(=O)(=O)O)[C@H]1CNS(=O)(=O)c1cccc(C(=O)NCc2cc(=O)cc(O)n2O)c1)c1csc(N)n1)C(=O)O. The van der Waals surface area contributed by atoms with Crippen LogP contribution in [0.25, 0.3) is 0 Å². The van der Waals surface area contributed by atoms with Crippen LogP contribution in [-0.2, 0) is 46.1 Å².